The minimum atomic E-state index is 0.0721. The number of fused-ring (bicyclic) bond motifs is 1. The lowest BCUT2D eigenvalue weighted by Crippen LogP contribution is -2.17. The van der Waals surface area contributed by atoms with Gasteiger partial charge in [-0.1, -0.05) is 11.6 Å². The van der Waals surface area contributed by atoms with Crippen LogP contribution in [0.15, 0.2) is 42.5 Å². The first-order chi connectivity index (χ1) is 11.1. The fourth-order valence-corrected chi connectivity index (χ4v) is 2.63. The van der Waals surface area contributed by atoms with Gasteiger partial charge >= 0.3 is 0 Å². The fourth-order valence-electron chi connectivity index (χ4n) is 2.50. The molecule has 0 spiro atoms. The van der Waals surface area contributed by atoms with Gasteiger partial charge in [0, 0.05) is 30.6 Å². The predicted molar refractivity (Wildman–Crippen MR) is 89.3 cm³/mol. The third-order valence-electron chi connectivity index (χ3n) is 3.70. The van der Waals surface area contributed by atoms with E-state index in [0.29, 0.717) is 24.8 Å². The molecule has 1 aliphatic heterocycles. The Morgan fingerprint density at radius 3 is 2.43 bits per heavy atom. The summed E-state index contributed by atoms with van der Waals surface area (Å²) in [4.78, 5) is 13.5. The molecule has 23 heavy (non-hydrogen) atoms. The van der Waals surface area contributed by atoms with Gasteiger partial charge in [-0.3, -0.25) is 4.79 Å². The number of halogens is 1. The first kappa shape index (κ1) is 15.7. The zero-order chi connectivity index (χ0) is 16.2. The highest BCUT2D eigenvalue weighted by atomic mass is 35.5. The van der Waals surface area contributed by atoms with E-state index in [2.05, 4.69) is 0 Å². The van der Waals surface area contributed by atoms with E-state index in [9.17, 15) is 4.79 Å². The van der Waals surface area contributed by atoms with E-state index in [-0.39, 0.29) is 5.91 Å². The van der Waals surface area contributed by atoms with Gasteiger partial charge in [-0.15, -0.1) is 0 Å². The Kier molecular flexibility index (Phi) is 4.72. The second kappa shape index (κ2) is 6.92. The van der Waals surface area contributed by atoms with Gasteiger partial charge in [-0.05, 0) is 48.0 Å². The molecule has 1 amide bonds. The largest absolute Gasteiger partial charge is 0.493 e. The molecule has 3 rings (SSSR count). The summed E-state index contributed by atoms with van der Waals surface area (Å²) in [6.07, 6.45) is 0.776. The lowest BCUT2D eigenvalue weighted by Gasteiger charge is -2.09. The SMILES string of the molecule is CN1Cc2cc(OCCCOc3ccc(Cl)cc3)ccc2C1=O. The van der Waals surface area contributed by atoms with Crippen LogP contribution >= 0.6 is 11.6 Å². The zero-order valence-electron chi connectivity index (χ0n) is 12.9. The normalized spacial score (nSPS) is 13.1. The van der Waals surface area contributed by atoms with Crippen LogP contribution in [0.1, 0.15) is 22.3 Å². The smallest absolute Gasteiger partial charge is 0.254 e. The molecule has 0 unspecified atom stereocenters. The molecule has 0 bridgehead atoms. The number of benzene rings is 2. The highest BCUT2D eigenvalue weighted by molar-refractivity contribution is 6.30. The first-order valence-electron chi connectivity index (χ1n) is 7.53. The van der Waals surface area contributed by atoms with Crippen molar-refractivity contribution in [2.24, 2.45) is 0 Å². The van der Waals surface area contributed by atoms with Gasteiger partial charge in [0.2, 0.25) is 0 Å². The van der Waals surface area contributed by atoms with Gasteiger partial charge in [0.05, 0.1) is 13.2 Å². The third-order valence-corrected chi connectivity index (χ3v) is 3.95. The van der Waals surface area contributed by atoms with E-state index in [1.807, 2.05) is 30.3 Å². The molecule has 4 nitrogen and oxygen atoms in total. The summed E-state index contributed by atoms with van der Waals surface area (Å²) in [6, 6.07) is 12.9. The predicted octanol–water partition coefficient (Wildman–Crippen LogP) is 3.77. The van der Waals surface area contributed by atoms with Gasteiger partial charge in [0.1, 0.15) is 11.5 Å². The van der Waals surface area contributed by atoms with Crippen molar-refractivity contribution < 1.29 is 14.3 Å². The monoisotopic (exact) mass is 331 g/mol. The number of amides is 1. The van der Waals surface area contributed by atoms with Gasteiger partial charge < -0.3 is 14.4 Å². The van der Waals surface area contributed by atoms with Crippen molar-refractivity contribution in [2.45, 2.75) is 13.0 Å². The number of carbonyl (C=O) groups is 1. The van der Waals surface area contributed by atoms with Crippen molar-refractivity contribution >= 4 is 17.5 Å². The van der Waals surface area contributed by atoms with Crippen LogP contribution in [0.3, 0.4) is 0 Å². The molecular formula is C18H18ClNO3. The topological polar surface area (TPSA) is 38.8 Å². The highest BCUT2D eigenvalue weighted by Gasteiger charge is 2.24. The zero-order valence-corrected chi connectivity index (χ0v) is 13.7. The van der Waals surface area contributed by atoms with Crippen molar-refractivity contribution in [1.29, 1.82) is 0 Å². The maximum absolute atomic E-state index is 11.8. The van der Waals surface area contributed by atoms with Gasteiger partial charge in [0.25, 0.3) is 5.91 Å². The van der Waals surface area contributed by atoms with Crippen molar-refractivity contribution in [3.63, 3.8) is 0 Å². The van der Waals surface area contributed by atoms with Crippen LogP contribution in [-0.2, 0) is 6.54 Å². The summed E-state index contributed by atoms with van der Waals surface area (Å²) in [7, 11) is 1.80. The van der Waals surface area contributed by atoms with Gasteiger partial charge in [-0.25, -0.2) is 0 Å². The summed E-state index contributed by atoms with van der Waals surface area (Å²) in [6.45, 7) is 1.79. The summed E-state index contributed by atoms with van der Waals surface area (Å²) >= 11 is 5.82. The Balaban J connectivity index is 1.44. The molecule has 0 fully saturated rings. The average molecular weight is 332 g/mol. The van der Waals surface area contributed by atoms with E-state index < -0.39 is 0 Å². The summed E-state index contributed by atoms with van der Waals surface area (Å²) in [5.41, 5.74) is 1.79. The Labute approximate surface area is 140 Å². The number of nitrogens with zero attached hydrogens (tertiary/aromatic N) is 1. The molecule has 0 saturated carbocycles. The van der Waals surface area contributed by atoms with E-state index in [1.165, 1.54) is 0 Å². The molecule has 1 aliphatic rings. The first-order valence-corrected chi connectivity index (χ1v) is 7.91. The van der Waals surface area contributed by atoms with E-state index in [4.69, 9.17) is 21.1 Å². The molecule has 1 heterocycles. The second-order valence-corrected chi connectivity index (χ2v) is 5.92. The van der Waals surface area contributed by atoms with E-state index in [1.54, 1.807) is 24.1 Å². The molecule has 0 aromatic heterocycles. The number of hydrogen-bond donors (Lipinski definition) is 0. The molecule has 2 aromatic carbocycles. The van der Waals surface area contributed by atoms with Crippen molar-refractivity contribution in [1.82, 2.24) is 4.90 Å². The van der Waals surface area contributed by atoms with Crippen LogP contribution in [0.25, 0.3) is 0 Å². The Morgan fingerprint density at radius 2 is 1.70 bits per heavy atom. The van der Waals surface area contributed by atoms with Crippen LogP contribution < -0.4 is 9.47 Å². The van der Waals surface area contributed by atoms with E-state index >= 15 is 0 Å². The molecule has 0 N–H and O–H groups in total. The summed E-state index contributed by atoms with van der Waals surface area (Å²) < 4.78 is 11.3. The minimum Gasteiger partial charge on any atom is -0.493 e. The van der Waals surface area contributed by atoms with Gasteiger partial charge in [0.15, 0.2) is 0 Å². The van der Waals surface area contributed by atoms with Gasteiger partial charge in [-0.2, -0.15) is 0 Å². The van der Waals surface area contributed by atoms with Crippen LogP contribution in [0.4, 0.5) is 0 Å². The van der Waals surface area contributed by atoms with Crippen LogP contribution in [0.2, 0.25) is 5.02 Å². The second-order valence-electron chi connectivity index (χ2n) is 5.48. The molecule has 120 valence electrons. The summed E-state index contributed by atoms with van der Waals surface area (Å²) in [5.74, 6) is 1.66. The molecule has 0 radical (unpaired) electrons. The standard InChI is InChI=1S/C18H18ClNO3/c1-20-12-13-11-16(7-8-17(13)18(20)21)23-10-2-9-22-15-5-3-14(19)4-6-15/h3-8,11H,2,9-10,12H2,1H3. The van der Waals surface area contributed by atoms with Crippen LogP contribution in [-0.4, -0.2) is 31.1 Å². The molecular weight excluding hydrogens is 314 g/mol. The lowest BCUT2D eigenvalue weighted by molar-refractivity contribution is 0.0816. The Hall–Kier alpha value is -2.20. The van der Waals surface area contributed by atoms with Crippen molar-refractivity contribution in [2.75, 3.05) is 20.3 Å². The van der Waals surface area contributed by atoms with E-state index in [0.717, 1.165) is 29.0 Å². The maximum atomic E-state index is 11.8. The van der Waals surface area contributed by atoms with Crippen LogP contribution in [0, 0.1) is 0 Å². The highest BCUT2D eigenvalue weighted by Crippen LogP contribution is 2.25. The number of ether oxygens (including phenoxy) is 2. The lowest BCUT2D eigenvalue weighted by atomic mass is 10.1. The average Bonchev–Trinajstić information content (AvgIpc) is 2.83. The van der Waals surface area contributed by atoms with Crippen molar-refractivity contribution in [3.8, 4) is 11.5 Å². The molecule has 0 aliphatic carbocycles. The Morgan fingerprint density at radius 1 is 1.04 bits per heavy atom. The molecule has 0 saturated heterocycles. The Bertz CT molecular complexity index is 700. The quantitative estimate of drug-likeness (QED) is 0.756. The maximum Gasteiger partial charge on any atom is 0.254 e. The summed E-state index contributed by atoms with van der Waals surface area (Å²) in [5, 5.41) is 0.696. The molecule has 2 aromatic rings. The number of carbonyl (C=O) groups excluding carboxylic acids is 1. The fraction of sp³-hybridized carbons (Fsp3) is 0.278. The number of rotatable bonds is 6. The molecule has 0 atom stereocenters. The van der Waals surface area contributed by atoms with Crippen molar-refractivity contribution in [3.05, 3.63) is 58.6 Å². The van der Waals surface area contributed by atoms with Crippen LogP contribution in [0.5, 0.6) is 11.5 Å². The molecule has 5 heteroatoms. The number of hydrogen-bond acceptors (Lipinski definition) is 3. The minimum absolute atomic E-state index is 0.0721. The third kappa shape index (κ3) is 3.77.